The number of rotatable bonds is 7. The molecule has 0 radical (unpaired) electrons. The number of thioether (sulfide) groups is 1. The smallest absolute Gasteiger partial charge is 0.106 e. The van der Waals surface area contributed by atoms with Crippen molar-refractivity contribution in [2.45, 2.75) is 32.6 Å². The Bertz CT molecular complexity index is 584. The molecular weight excluding hydrogens is 344 g/mol. The van der Waals surface area contributed by atoms with Crippen LogP contribution in [0.5, 0.6) is 0 Å². The molecule has 0 atom stereocenters. The third kappa shape index (κ3) is 9.13. The van der Waals surface area contributed by atoms with E-state index in [1.54, 1.807) is 25.5 Å². The molecule has 0 saturated heterocycles. The maximum Gasteiger partial charge on any atom is 0.106 e. The second-order valence-corrected chi connectivity index (χ2v) is 5.02. The molecule has 6 heteroatoms. The summed E-state index contributed by atoms with van der Waals surface area (Å²) in [6.45, 7) is 21.6. The Hall–Kier alpha value is -2.47. The molecule has 0 bridgehead atoms. The maximum atomic E-state index is 8.00. The third-order valence-corrected chi connectivity index (χ3v) is 3.60. The van der Waals surface area contributed by atoms with Crippen molar-refractivity contribution in [3.8, 4) is 0 Å². The number of anilines is 2. The minimum absolute atomic E-state index is 0.662. The quantitative estimate of drug-likeness (QED) is 0.260. The molecule has 0 aliphatic heterocycles. The van der Waals surface area contributed by atoms with Crippen LogP contribution < -0.4 is 16.4 Å². The highest BCUT2D eigenvalue weighted by Crippen LogP contribution is 2.38. The fourth-order valence-corrected chi connectivity index (χ4v) is 2.51. The lowest BCUT2D eigenvalue weighted by atomic mass is 10.0. The summed E-state index contributed by atoms with van der Waals surface area (Å²) in [6.07, 6.45) is 5.09. The maximum absolute atomic E-state index is 8.00. The topological polar surface area (TPSA) is 79.5 Å². The van der Waals surface area contributed by atoms with Crippen molar-refractivity contribution in [2.24, 2.45) is 4.99 Å². The zero-order chi connectivity index (χ0) is 21.1. The van der Waals surface area contributed by atoms with E-state index in [2.05, 4.69) is 35.4 Å². The first-order chi connectivity index (χ1) is 12.6. The van der Waals surface area contributed by atoms with Gasteiger partial charge >= 0.3 is 0 Å². The fraction of sp³-hybridized carbons (Fsp3) is 0.300. The summed E-state index contributed by atoms with van der Waals surface area (Å²) in [5.41, 5.74) is 9.62. The molecule has 0 aliphatic rings. The summed E-state index contributed by atoms with van der Waals surface area (Å²) < 4.78 is 0. The zero-order valence-electron chi connectivity index (χ0n) is 17.0. The molecule has 0 heterocycles. The molecule has 26 heavy (non-hydrogen) atoms. The van der Waals surface area contributed by atoms with Gasteiger partial charge in [-0.05, 0) is 6.07 Å². The Kier molecular flexibility index (Phi) is 20.6. The van der Waals surface area contributed by atoms with Crippen molar-refractivity contribution in [3.05, 3.63) is 42.0 Å². The SMILES string of the molecule is C=Cc1c(NC)cc(SC(=C)NC=NC)c(N)c1C=C.C=O.CC.CC. The van der Waals surface area contributed by atoms with Crippen LogP contribution in [0.2, 0.25) is 0 Å². The summed E-state index contributed by atoms with van der Waals surface area (Å²) >= 11 is 1.44. The monoisotopic (exact) mass is 378 g/mol. The number of benzene rings is 1. The second kappa shape index (κ2) is 18.9. The van der Waals surface area contributed by atoms with Crippen molar-refractivity contribution in [2.75, 3.05) is 25.1 Å². The van der Waals surface area contributed by atoms with Crippen LogP contribution >= 0.6 is 11.8 Å². The van der Waals surface area contributed by atoms with E-state index < -0.39 is 0 Å². The Morgan fingerprint density at radius 2 is 1.65 bits per heavy atom. The van der Waals surface area contributed by atoms with Crippen LogP contribution in [-0.2, 0) is 4.79 Å². The van der Waals surface area contributed by atoms with E-state index in [1.807, 2.05) is 47.6 Å². The predicted octanol–water partition coefficient (Wildman–Crippen LogP) is 5.28. The Labute approximate surface area is 163 Å². The van der Waals surface area contributed by atoms with E-state index in [4.69, 9.17) is 10.5 Å². The molecule has 0 aromatic heterocycles. The summed E-state index contributed by atoms with van der Waals surface area (Å²) in [7, 11) is 3.55. The van der Waals surface area contributed by atoms with Crippen molar-refractivity contribution >= 4 is 48.4 Å². The molecular formula is C20H34N4OS. The van der Waals surface area contributed by atoms with Crippen molar-refractivity contribution in [3.63, 3.8) is 0 Å². The standard InChI is InChI=1S/C15H20N4S.2C2H6.CH2O/c1-6-11-12(7-2)15(16)14(8-13(11)18-5)20-10(3)19-9-17-4;3*1-2/h6-9,18H,1-3,16H2,4-5H3,(H,17,19);2*1-2H3;1H2. The van der Waals surface area contributed by atoms with Gasteiger partial charge in [0.25, 0.3) is 0 Å². The molecule has 5 nitrogen and oxygen atoms in total. The number of nitrogens with zero attached hydrogens (tertiary/aromatic N) is 1. The van der Waals surface area contributed by atoms with E-state index in [9.17, 15) is 0 Å². The molecule has 1 aromatic rings. The number of hydrogen-bond acceptors (Lipinski definition) is 5. The van der Waals surface area contributed by atoms with Crippen LogP contribution in [-0.4, -0.2) is 27.2 Å². The summed E-state index contributed by atoms with van der Waals surface area (Å²) in [5, 5.41) is 6.85. The van der Waals surface area contributed by atoms with Gasteiger partial charge in [0.05, 0.1) is 17.1 Å². The molecule has 0 spiro atoms. The number of carbonyl (C=O) groups excluding carboxylic acids is 1. The van der Waals surface area contributed by atoms with Crippen molar-refractivity contribution in [1.82, 2.24) is 5.32 Å². The second-order valence-electron chi connectivity index (χ2n) is 3.88. The number of nitrogens with two attached hydrogens (primary N) is 1. The Morgan fingerprint density at radius 1 is 1.15 bits per heavy atom. The molecule has 0 fully saturated rings. The van der Waals surface area contributed by atoms with Crippen LogP contribution in [0.3, 0.4) is 0 Å². The number of aliphatic imine (C=N–C) groups is 1. The highest BCUT2D eigenvalue weighted by Gasteiger charge is 2.13. The van der Waals surface area contributed by atoms with E-state index in [-0.39, 0.29) is 0 Å². The number of nitrogen functional groups attached to an aromatic ring is 1. The van der Waals surface area contributed by atoms with Crippen LogP contribution in [0.4, 0.5) is 11.4 Å². The van der Waals surface area contributed by atoms with E-state index in [1.165, 1.54) is 11.8 Å². The van der Waals surface area contributed by atoms with Crippen LogP contribution in [0.25, 0.3) is 12.2 Å². The third-order valence-electron chi connectivity index (χ3n) is 2.68. The summed E-state index contributed by atoms with van der Waals surface area (Å²) in [4.78, 5) is 12.8. The normalized spacial score (nSPS) is 8.54. The summed E-state index contributed by atoms with van der Waals surface area (Å²) in [6, 6.07) is 1.97. The highest BCUT2D eigenvalue weighted by atomic mass is 32.2. The van der Waals surface area contributed by atoms with Gasteiger partial charge in [-0.2, -0.15) is 0 Å². The minimum atomic E-state index is 0.662. The van der Waals surface area contributed by atoms with Crippen molar-refractivity contribution in [1.29, 1.82) is 0 Å². The minimum Gasteiger partial charge on any atom is -0.397 e. The van der Waals surface area contributed by atoms with E-state index in [0.717, 1.165) is 26.7 Å². The molecule has 146 valence electrons. The lowest BCUT2D eigenvalue weighted by Gasteiger charge is -2.16. The molecule has 1 aromatic carbocycles. The number of hydrogen-bond donors (Lipinski definition) is 3. The van der Waals surface area contributed by atoms with Gasteiger partial charge < -0.3 is 21.2 Å². The fourth-order valence-electron chi connectivity index (χ4n) is 1.74. The Balaban J connectivity index is -0.000000795. The number of nitrogens with one attached hydrogen (secondary N) is 2. The average Bonchev–Trinajstić information content (AvgIpc) is 2.71. The zero-order valence-corrected chi connectivity index (χ0v) is 17.8. The van der Waals surface area contributed by atoms with Gasteiger partial charge in [-0.15, -0.1) is 0 Å². The summed E-state index contributed by atoms with van der Waals surface area (Å²) in [5.74, 6) is 0. The first-order valence-corrected chi connectivity index (χ1v) is 9.12. The Morgan fingerprint density at radius 3 is 2.04 bits per heavy atom. The highest BCUT2D eigenvalue weighted by molar-refractivity contribution is 8.03. The van der Waals surface area contributed by atoms with Gasteiger partial charge in [0.15, 0.2) is 0 Å². The average molecular weight is 379 g/mol. The van der Waals surface area contributed by atoms with E-state index >= 15 is 0 Å². The first-order valence-electron chi connectivity index (χ1n) is 8.30. The molecule has 1 rings (SSSR count). The molecule has 4 N–H and O–H groups in total. The molecule has 0 aliphatic carbocycles. The van der Waals surface area contributed by atoms with Crippen LogP contribution in [0.15, 0.2) is 40.7 Å². The first kappa shape index (κ1) is 28.3. The largest absolute Gasteiger partial charge is 0.397 e. The van der Waals surface area contributed by atoms with Gasteiger partial charge in [0.1, 0.15) is 6.79 Å². The lowest BCUT2D eigenvalue weighted by Crippen LogP contribution is -2.07. The molecule has 0 amide bonds. The van der Waals surface area contributed by atoms with Crippen LogP contribution in [0.1, 0.15) is 38.8 Å². The van der Waals surface area contributed by atoms with Gasteiger partial charge in [-0.1, -0.05) is 71.3 Å². The van der Waals surface area contributed by atoms with Crippen molar-refractivity contribution < 1.29 is 4.79 Å². The van der Waals surface area contributed by atoms with E-state index in [0.29, 0.717) is 5.69 Å². The number of carbonyl (C=O) groups is 1. The molecule has 0 saturated carbocycles. The van der Waals surface area contributed by atoms with Gasteiger partial charge in [0, 0.05) is 35.8 Å². The van der Waals surface area contributed by atoms with Crippen LogP contribution in [0, 0.1) is 0 Å². The van der Waals surface area contributed by atoms with Gasteiger partial charge in [-0.25, -0.2) is 0 Å². The van der Waals surface area contributed by atoms with Gasteiger partial charge in [0.2, 0.25) is 0 Å². The predicted molar refractivity (Wildman–Crippen MR) is 123 cm³/mol. The lowest BCUT2D eigenvalue weighted by molar-refractivity contribution is -0.0979. The van der Waals surface area contributed by atoms with Gasteiger partial charge in [-0.3, -0.25) is 4.99 Å². The molecule has 0 unspecified atom stereocenters.